The summed E-state index contributed by atoms with van der Waals surface area (Å²) in [6, 6.07) is 16.3. The average Bonchev–Trinajstić information content (AvgIpc) is 3.37. The molecule has 0 radical (unpaired) electrons. The number of alkyl carbamates (subject to hydrolysis) is 1. The Morgan fingerprint density at radius 1 is 0.818 bits per heavy atom. The second-order valence-electron chi connectivity index (χ2n) is 9.39. The highest BCUT2D eigenvalue weighted by atomic mass is 16.5. The maximum atomic E-state index is 12.5. The predicted molar refractivity (Wildman–Crippen MR) is 122 cm³/mol. The minimum absolute atomic E-state index is 0.0161. The molecule has 2 saturated carbocycles. The van der Waals surface area contributed by atoms with Crippen LogP contribution in [0.1, 0.15) is 49.1 Å². The first-order valence-electron chi connectivity index (χ1n) is 11.6. The van der Waals surface area contributed by atoms with E-state index in [9.17, 15) is 14.4 Å². The van der Waals surface area contributed by atoms with Gasteiger partial charge in [-0.15, -0.1) is 0 Å². The Bertz CT molecular complexity index is 1030. The van der Waals surface area contributed by atoms with Gasteiger partial charge in [-0.05, 0) is 54.4 Å². The van der Waals surface area contributed by atoms with Crippen LogP contribution in [-0.4, -0.2) is 41.8 Å². The fraction of sp³-hybridized carbons (Fsp3) is 0.423. The number of rotatable bonds is 6. The number of nitrogens with one attached hydrogen (secondary N) is 2. The Labute approximate surface area is 192 Å². The Hall–Kier alpha value is -3.35. The molecular formula is C26H28N2O5. The van der Waals surface area contributed by atoms with Gasteiger partial charge in [0.05, 0.1) is 5.92 Å². The molecule has 7 heteroatoms. The highest BCUT2D eigenvalue weighted by Crippen LogP contribution is 2.44. The van der Waals surface area contributed by atoms with Gasteiger partial charge in [0, 0.05) is 23.9 Å². The van der Waals surface area contributed by atoms with E-state index in [0.717, 1.165) is 6.42 Å². The molecule has 0 heterocycles. The van der Waals surface area contributed by atoms with Crippen LogP contribution in [0.2, 0.25) is 0 Å². The number of aliphatic carboxylic acids is 1. The van der Waals surface area contributed by atoms with Crippen LogP contribution in [0.25, 0.3) is 11.1 Å². The van der Waals surface area contributed by atoms with E-state index in [2.05, 4.69) is 34.9 Å². The van der Waals surface area contributed by atoms with Crippen molar-refractivity contribution >= 4 is 18.0 Å². The third-order valence-electron chi connectivity index (χ3n) is 7.30. The monoisotopic (exact) mass is 448 g/mol. The first kappa shape index (κ1) is 21.5. The summed E-state index contributed by atoms with van der Waals surface area (Å²) < 4.78 is 5.62. The zero-order valence-electron chi connectivity index (χ0n) is 18.3. The van der Waals surface area contributed by atoms with Crippen molar-refractivity contribution in [3.63, 3.8) is 0 Å². The van der Waals surface area contributed by atoms with Gasteiger partial charge in [-0.25, -0.2) is 4.79 Å². The second kappa shape index (κ2) is 8.89. The molecule has 0 aromatic heterocycles. The van der Waals surface area contributed by atoms with Crippen molar-refractivity contribution in [3.8, 4) is 11.1 Å². The molecule has 5 rings (SSSR count). The minimum Gasteiger partial charge on any atom is -0.481 e. The van der Waals surface area contributed by atoms with Crippen molar-refractivity contribution in [1.82, 2.24) is 10.6 Å². The Morgan fingerprint density at radius 2 is 1.42 bits per heavy atom. The molecule has 33 heavy (non-hydrogen) atoms. The SMILES string of the molecule is O=C(N[C@@H]1CC[C@H](C(=O)NC2CC(C(=O)O)C2)C1)OCC1c2ccccc2-c2ccccc21. The minimum atomic E-state index is -0.797. The largest absolute Gasteiger partial charge is 0.481 e. The van der Waals surface area contributed by atoms with E-state index in [-0.39, 0.29) is 42.4 Å². The molecule has 0 saturated heterocycles. The second-order valence-corrected chi connectivity index (χ2v) is 9.39. The average molecular weight is 449 g/mol. The van der Waals surface area contributed by atoms with Crippen molar-refractivity contribution in [2.75, 3.05) is 6.61 Å². The van der Waals surface area contributed by atoms with Crippen LogP contribution in [0.4, 0.5) is 4.79 Å². The van der Waals surface area contributed by atoms with Gasteiger partial charge in [0.15, 0.2) is 0 Å². The molecule has 0 spiro atoms. The van der Waals surface area contributed by atoms with Crippen molar-refractivity contribution in [2.45, 2.75) is 50.1 Å². The summed E-state index contributed by atoms with van der Waals surface area (Å²) in [5, 5.41) is 14.8. The lowest BCUT2D eigenvalue weighted by Crippen LogP contribution is -2.48. The quantitative estimate of drug-likeness (QED) is 0.625. The summed E-state index contributed by atoms with van der Waals surface area (Å²) in [6.07, 6.45) is 2.54. The number of amides is 2. The maximum Gasteiger partial charge on any atom is 0.407 e. The van der Waals surface area contributed by atoms with Gasteiger partial charge in [-0.1, -0.05) is 48.5 Å². The van der Waals surface area contributed by atoms with Crippen LogP contribution in [-0.2, 0) is 14.3 Å². The fourth-order valence-electron chi connectivity index (χ4n) is 5.41. The smallest absolute Gasteiger partial charge is 0.407 e. The Morgan fingerprint density at radius 3 is 2.06 bits per heavy atom. The van der Waals surface area contributed by atoms with Gasteiger partial charge in [-0.3, -0.25) is 9.59 Å². The number of carbonyl (C=O) groups excluding carboxylic acids is 2. The molecule has 3 aliphatic carbocycles. The molecule has 2 aromatic rings. The van der Waals surface area contributed by atoms with Crippen LogP contribution in [0.3, 0.4) is 0 Å². The van der Waals surface area contributed by atoms with E-state index in [0.29, 0.717) is 25.7 Å². The summed E-state index contributed by atoms with van der Waals surface area (Å²) in [5.41, 5.74) is 4.72. The molecule has 2 fully saturated rings. The van der Waals surface area contributed by atoms with Crippen molar-refractivity contribution in [1.29, 1.82) is 0 Å². The van der Waals surface area contributed by atoms with E-state index in [4.69, 9.17) is 9.84 Å². The van der Waals surface area contributed by atoms with Gasteiger partial charge in [0.25, 0.3) is 0 Å². The number of hydrogen-bond acceptors (Lipinski definition) is 4. The molecule has 3 aliphatic rings. The van der Waals surface area contributed by atoms with Crippen molar-refractivity contribution in [3.05, 3.63) is 59.7 Å². The molecule has 172 valence electrons. The number of fused-ring (bicyclic) bond motifs is 3. The summed E-state index contributed by atoms with van der Waals surface area (Å²) in [5.74, 6) is -1.33. The Kier molecular flexibility index (Phi) is 5.79. The number of carboxylic acid groups (broad SMARTS) is 1. The highest BCUT2D eigenvalue weighted by molar-refractivity contribution is 5.81. The molecule has 2 amide bonds. The third kappa shape index (κ3) is 4.32. The zero-order chi connectivity index (χ0) is 22.9. The number of benzene rings is 2. The Balaban J connectivity index is 1.10. The van der Waals surface area contributed by atoms with E-state index in [1.165, 1.54) is 22.3 Å². The first-order chi connectivity index (χ1) is 16.0. The summed E-state index contributed by atoms with van der Waals surface area (Å²) in [7, 11) is 0. The topological polar surface area (TPSA) is 105 Å². The summed E-state index contributed by atoms with van der Waals surface area (Å²) >= 11 is 0. The summed E-state index contributed by atoms with van der Waals surface area (Å²) in [4.78, 5) is 35.9. The van der Waals surface area contributed by atoms with Crippen LogP contribution < -0.4 is 10.6 Å². The number of hydrogen-bond donors (Lipinski definition) is 3. The molecular weight excluding hydrogens is 420 g/mol. The van der Waals surface area contributed by atoms with E-state index >= 15 is 0 Å². The van der Waals surface area contributed by atoms with E-state index in [1.54, 1.807) is 0 Å². The maximum absolute atomic E-state index is 12.5. The molecule has 7 nitrogen and oxygen atoms in total. The lowest BCUT2D eigenvalue weighted by molar-refractivity contribution is -0.146. The van der Waals surface area contributed by atoms with Gasteiger partial charge >= 0.3 is 12.1 Å². The van der Waals surface area contributed by atoms with Crippen LogP contribution in [0.15, 0.2) is 48.5 Å². The van der Waals surface area contributed by atoms with Gasteiger partial charge < -0.3 is 20.5 Å². The normalized spacial score (nSPS) is 25.5. The van der Waals surface area contributed by atoms with Crippen LogP contribution in [0.5, 0.6) is 0 Å². The number of ether oxygens (including phenoxy) is 1. The van der Waals surface area contributed by atoms with Crippen molar-refractivity contribution < 1.29 is 24.2 Å². The fourth-order valence-corrected chi connectivity index (χ4v) is 5.41. The van der Waals surface area contributed by atoms with Crippen LogP contribution in [0, 0.1) is 11.8 Å². The molecule has 0 unspecified atom stereocenters. The molecule has 3 N–H and O–H groups in total. The molecule has 2 atom stereocenters. The first-order valence-corrected chi connectivity index (χ1v) is 11.6. The summed E-state index contributed by atoms with van der Waals surface area (Å²) in [6.45, 7) is 0.267. The van der Waals surface area contributed by atoms with Gasteiger partial charge in [0.2, 0.25) is 5.91 Å². The predicted octanol–water partition coefficient (Wildman–Crippen LogP) is 3.67. The van der Waals surface area contributed by atoms with Gasteiger partial charge in [0.1, 0.15) is 6.61 Å². The van der Waals surface area contributed by atoms with E-state index in [1.807, 2.05) is 24.3 Å². The highest BCUT2D eigenvalue weighted by Gasteiger charge is 2.38. The third-order valence-corrected chi connectivity index (χ3v) is 7.30. The lowest BCUT2D eigenvalue weighted by Gasteiger charge is -2.33. The number of carbonyl (C=O) groups is 3. The van der Waals surface area contributed by atoms with Crippen molar-refractivity contribution in [2.24, 2.45) is 11.8 Å². The zero-order valence-corrected chi connectivity index (χ0v) is 18.3. The molecule has 0 bridgehead atoms. The molecule has 2 aromatic carbocycles. The van der Waals surface area contributed by atoms with E-state index < -0.39 is 12.1 Å². The molecule has 0 aliphatic heterocycles. The standard InChI is InChI=1S/C26H28N2O5/c29-24(27-18-12-16(13-18)25(30)31)15-9-10-17(11-15)28-26(32)33-14-23-21-7-3-1-5-19(21)20-6-2-4-8-22(20)23/h1-8,15-18,23H,9-14H2,(H,27,29)(H,28,32)(H,30,31)/t15-,16?,17+,18?/m0/s1. The van der Waals surface area contributed by atoms with Gasteiger partial charge in [-0.2, -0.15) is 0 Å². The van der Waals surface area contributed by atoms with Crippen LogP contribution >= 0.6 is 0 Å². The lowest BCUT2D eigenvalue weighted by atomic mass is 9.80. The number of carboxylic acids is 1.